The molecular formula is C9H11ClF3N3S. The number of hydrogen-bond acceptors (Lipinski definition) is 4. The van der Waals surface area contributed by atoms with Gasteiger partial charge >= 0.3 is 6.18 Å². The fraction of sp³-hybridized carbons (Fsp3) is 0.778. The van der Waals surface area contributed by atoms with Crippen molar-refractivity contribution in [1.29, 1.82) is 0 Å². The lowest BCUT2D eigenvalue weighted by Crippen LogP contribution is -2.36. The molecule has 1 fully saturated rings. The van der Waals surface area contributed by atoms with Gasteiger partial charge in [0.05, 0.1) is 0 Å². The molecule has 1 saturated heterocycles. The summed E-state index contributed by atoms with van der Waals surface area (Å²) in [5.41, 5.74) is 0. The van der Waals surface area contributed by atoms with E-state index in [1.165, 1.54) is 0 Å². The Morgan fingerprint density at radius 1 is 1.41 bits per heavy atom. The standard InChI is InChI=1S/C9H11ClF3N3S/c10-4-6-2-1-3-16(5-6)8-15-14-7(17-8)9(11,12)13/h6H,1-5H2. The molecule has 1 aliphatic rings. The maximum Gasteiger partial charge on any atom is 0.445 e. The van der Waals surface area contributed by atoms with Crippen LogP contribution in [0.5, 0.6) is 0 Å². The lowest BCUT2D eigenvalue weighted by atomic mass is 10.0. The van der Waals surface area contributed by atoms with Crippen molar-refractivity contribution in [3.05, 3.63) is 5.01 Å². The van der Waals surface area contributed by atoms with Crippen LogP contribution in [0.25, 0.3) is 0 Å². The number of aromatic nitrogens is 2. The van der Waals surface area contributed by atoms with Gasteiger partial charge in [0, 0.05) is 19.0 Å². The fourth-order valence-electron chi connectivity index (χ4n) is 1.82. The molecule has 0 spiro atoms. The minimum absolute atomic E-state index is 0.323. The molecule has 8 heteroatoms. The smallest absolute Gasteiger partial charge is 0.346 e. The van der Waals surface area contributed by atoms with Crippen molar-refractivity contribution in [2.45, 2.75) is 19.0 Å². The number of nitrogens with zero attached hydrogens (tertiary/aromatic N) is 3. The second-order valence-electron chi connectivity index (χ2n) is 4.00. The normalized spacial score (nSPS) is 21.9. The van der Waals surface area contributed by atoms with Crippen molar-refractivity contribution in [1.82, 2.24) is 10.2 Å². The zero-order valence-corrected chi connectivity index (χ0v) is 10.4. The Hall–Kier alpha value is -0.560. The van der Waals surface area contributed by atoms with Gasteiger partial charge in [-0.05, 0) is 18.8 Å². The molecule has 17 heavy (non-hydrogen) atoms. The summed E-state index contributed by atoms with van der Waals surface area (Å²) in [6.07, 6.45) is -2.46. The van der Waals surface area contributed by atoms with Crippen molar-refractivity contribution in [2.75, 3.05) is 23.9 Å². The number of piperidine rings is 1. The Balaban J connectivity index is 2.09. The Kier molecular flexibility index (Phi) is 3.77. The molecule has 0 amide bonds. The molecule has 2 rings (SSSR count). The van der Waals surface area contributed by atoms with E-state index in [4.69, 9.17) is 11.6 Å². The van der Waals surface area contributed by atoms with Gasteiger partial charge in [0.2, 0.25) is 10.1 Å². The van der Waals surface area contributed by atoms with Crippen LogP contribution in [-0.4, -0.2) is 29.2 Å². The lowest BCUT2D eigenvalue weighted by molar-refractivity contribution is -0.138. The van der Waals surface area contributed by atoms with E-state index in [-0.39, 0.29) is 0 Å². The van der Waals surface area contributed by atoms with E-state index in [0.29, 0.717) is 34.8 Å². The van der Waals surface area contributed by atoms with Gasteiger partial charge in [-0.1, -0.05) is 11.3 Å². The summed E-state index contributed by atoms with van der Waals surface area (Å²) in [5, 5.41) is 6.24. The zero-order chi connectivity index (χ0) is 12.5. The van der Waals surface area contributed by atoms with Crippen molar-refractivity contribution in [3.8, 4) is 0 Å². The van der Waals surface area contributed by atoms with Gasteiger partial charge < -0.3 is 4.90 Å². The third-order valence-electron chi connectivity index (χ3n) is 2.66. The van der Waals surface area contributed by atoms with Crippen LogP contribution in [0.15, 0.2) is 0 Å². The number of hydrogen-bond donors (Lipinski definition) is 0. The SMILES string of the molecule is FC(F)(F)c1nnc(N2CCCC(CCl)C2)s1. The van der Waals surface area contributed by atoms with Crippen molar-refractivity contribution in [3.63, 3.8) is 0 Å². The van der Waals surface area contributed by atoms with Crippen molar-refractivity contribution in [2.24, 2.45) is 5.92 Å². The Labute approximate surface area is 106 Å². The second-order valence-corrected chi connectivity index (χ2v) is 5.26. The minimum Gasteiger partial charge on any atom is -0.346 e. The molecule has 1 aromatic heterocycles. The molecule has 0 radical (unpaired) electrons. The topological polar surface area (TPSA) is 29.0 Å². The summed E-state index contributed by atoms with van der Waals surface area (Å²) < 4.78 is 37.1. The quantitative estimate of drug-likeness (QED) is 0.782. The monoisotopic (exact) mass is 285 g/mol. The molecule has 96 valence electrons. The van der Waals surface area contributed by atoms with E-state index in [0.717, 1.165) is 19.4 Å². The third kappa shape index (κ3) is 3.01. The summed E-state index contributed by atoms with van der Waals surface area (Å²) in [4.78, 5) is 1.84. The third-order valence-corrected chi connectivity index (χ3v) is 4.13. The van der Waals surface area contributed by atoms with Crippen LogP contribution in [0.4, 0.5) is 18.3 Å². The maximum atomic E-state index is 12.4. The first-order chi connectivity index (χ1) is 8.00. The molecular weight excluding hydrogens is 275 g/mol. The first-order valence-corrected chi connectivity index (χ1v) is 6.57. The molecule has 1 aromatic rings. The van der Waals surface area contributed by atoms with Crippen LogP contribution in [-0.2, 0) is 6.18 Å². The Morgan fingerprint density at radius 2 is 2.18 bits per heavy atom. The highest BCUT2D eigenvalue weighted by atomic mass is 35.5. The summed E-state index contributed by atoms with van der Waals surface area (Å²) >= 11 is 6.37. The largest absolute Gasteiger partial charge is 0.445 e. The highest BCUT2D eigenvalue weighted by Gasteiger charge is 2.36. The van der Waals surface area contributed by atoms with E-state index in [1.807, 2.05) is 4.90 Å². The number of alkyl halides is 4. The predicted octanol–water partition coefficient (Wildman–Crippen LogP) is 3.01. The summed E-state index contributed by atoms with van der Waals surface area (Å²) in [6, 6.07) is 0. The molecule has 0 aromatic carbocycles. The van der Waals surface area contributed by atoms with Gasteiger partial charge in [0.1, 0.15) is 0 Å². The molecule has 2 heterocycles. The van der Waals surface area contributed by atoms with Gasteiger partial charge in [-0.3, -0.25) is 0 Å². The zero-order valence-electron chi connectivity index (χ0n) is 8.87. The average molecular weight is 286 g/mol. The predicted molar refractivity (Wildman–Crippen MR) is 60.6 cm³/mol. The first-order valence-electron chi connectivity index (χ1n) is 5.22. The molecule has 0 aliphatic carbocycles. The molecule has 3 nitrogen and oxygen atoms in total. The maximum absolute atomic E-state index is 12.4. The summed E-state index contributed by atoms with van der Waals surface area (Å²) in [7, 11) is 0. The summed E-state index contributed by atoms with van der Waals surface area (Å²) in [5.74, 6) is 0.852. The van der Waals surface area contributed by atoms with Gasteiger partial charge in [0.15, 0.2) is 0 Å². The first kappa shape index (κ1) is 12.9. The van der Waals surface area contributed by atoms with Crippen molar-refractivity contribution < 1.29 is 13.2 Å². The highest BCUT2D eigenvalue weighted by molar-refractivity contribution is 7.15. The molecule has 0 bridgehead atoms. The van der Waals surface area contributed by atoms with E-state index in [9.17, 15) is 13.2 Å². The van der Waals surface area contributed by atoms with Crippen molar-refractivity contribution >= 4 is 28.1 Å². The lowest BCUT2D eigenvalue weighted by Gasteiger charge is -2.31. The molecule has 0 saturated carbocycles. The van der Waals surface area contributed by atoms with Gasteiger partial charge in [0.25, 0.3) is 0 Å². The summed E-state index contributed by atoms with van der Waals surface area (Å²) in [6.45, 7) is 1.38. The van der Waals surface area contributed by atoms with Crippen LogP contribution >= 0.6 is 22.9 Å². The van der Waals surface area contributed by atoms with E-state index in [2.05, 4.69) is 10.2 Å². The van der Waals surface area contributed by atoms with Crippen LogP contribution in [0, 0.1) is 5.92 Å². The Bertz CT molecular complexity index is 382. The highest BCUT2D eigenvalue weighted by Crippen LogP contribution is 2.35. The number of rotatable bonds is 2. The van der Waals surface area contributed by atoms with Gasteiger partial charge in [-0.25, -0.2) is 0 Å². The number of anilines is 1. The van der Waals surface area contributed by atoms with E-state index < -0.39 is 11.2 Å². The van der Waals surface area contributed by atoms with E-state index >= 15 is 0 Å². The molecule has 1 atom stereocenters. The number of halogens is 4. The minimum atomic E-state index is -4.41. The average Bonchev–Trinajstić information content (AvgIpc) is 2.78. The fourth-order valence-corrected chi connectivity index (χ4v) is 2.82. The van der Waals surface area contributed by atoms with Crippen LogP contribution < -0.4 is 4.90 Å². The molecule has 1 unspecified atom stereocenters. The van der Waals surface area contributed by atoms with Crippen LogP contribution in [0.3, 0.4) is 0 Å². The molecule has 1 aliphatic heterocycles. The van der Waals surface area contributed by atoms with Crippen LogP contribution in [0.1, 0.15) is 17.8 Å². The molecule has 0 N–H and O–H groups in total. The van der Waals surface area contributed by atoms with Gasteiger partial charge in [-0.2, -0.15) is 13.2 Å². The van der Waals surface area contributed by atoms with E-state index in [1.54, 1.807) is 0 Å². The second kappa shape index (κ2) is 4.97. The van der Waals surface area contributed by atoms with Gasteiger partial charge in [-0.15, -0.1) is 21.8 Å². The Morgan fingerprint density at radius 3 is 2.76 bits per heavy atom. The van der Waals surface area contributed by atoms with Crippen LogP contribution in [0.2, 0.25) is 0 Å².